The standard InChI is InChI=1S/C10H17NO3S2/c1-6(3-15)9(12)11-7(2)4-16-5-8(11)10(13)14/h6-8,15H,3-5H2,1-2H3,(H,13,14). The number of nitrogens with zero attached hydrogens (tertiary/aromatic N) is 1. The maximum absolute atomic E-state index is 12.1. The minimum Gasteiger partial charge on any atom is -0.480 e. The third kappa shape index (κ3) is 2.85. The van der Waals surface area contributed by atoms with Crippen molar-refractivity contribution in [3.8, 4) is 0 Å². The Kier molecular flexibility index (Phi) is 4.98. The number of carbonyl (C=O) groups is 2. The first-order valence-corrected chi connectivity index (χ1v) is 7.01. The Labute approximate surface area is 105 Å². The summed E-state index contributed by atoms with van der Waals surface area (Å²) in [5, 5.41) is 9.10. The Bertz CT molecular complexity index is 285. The van der Waals surface area contributed by atoms with Crippen LogP contribution in [0, 0.1) is 5.92 Å². The molecule has 3 unspecified atom stereocenters. The van der Waals surface area contributed by atoms with Crippen molar-refractivity contribution < 1.29 is 14.7 Å². The van der Waals surface area contributed by atoms with Gasteiger partial charge in [0.1, 0.15) is 6.04 Å². The van der Waals surface area contributed by atoms with Crippen LogP contribution in [0.4, 0.5) is 0 Å². The van der Waals surface area contributed by atoms with Gasteiger partial charge in [-0.3, -0.25) is 4.79 Å². The molecule has 0 spiro atoms. The largest absolute Gasteiger partial charge is 0.480 e. The van der Waals surface area contributed by atoms with E-state index in [-0.39, 0.29) is 17.9 Å². The molecule has 0 aromatic carbocycles. The van der Waals surface area contributed by atoms with Gasteiger partial charge >= 0.3 is 5.97 Å². The molecule has 1 saturated heterocycles. The quantitative estimate of drug-likeness (QED) is 0.745. The highest BCUT2D eigenvalue weighted by molar-refractivity contribution is 7.99. The summed E-state index contributed by atoms with van der Waals surface area (Å²) in [6.07, 6.45) is 0. The zero-order valence-electron chi connectivity index (χ0n) is 9.42. The minimum absolute atomic E-state index is 0.0188. The van der Waals surface area contributed by atoms with Crippen molar-refractivity contribution in [2.24, 2.45) is 5.92 Å². The van der Waals surface area contributed by atoms with E-state index in [9.17, 15) is 9.59 Å². The normalized spacial score (nSPS) is 27.6. The Balaban J connectivity index is 2.85. The lowest BCUT2D eigenvalue weighted by molar-refractivity contribution is -0.152. The number of carbonyl (C=O) groups excluding carboxylic acids is 1. The summed E-state index contributed by atoms with van der Waals surface area (Å²) in [5.74, 6) is 0.478. The summed E-state index contributed by atoms with van der Waals surface area (Å²) in [6, 6.07) is -0.710. The zero-order chi connectivity index (χ0) is 12.3. The zero-order valence-corrected chi connectivity index (χ0v) is 11.1. The highest BCUT2D eigenvalue weighted by Gasteiger charge is 2.37. The summed E-state index contributed by atoms with van der Waals surface area (Å²) in [7, 11) is 0. The van der Waals surface area contributed by atoms with Crippen LogP contribution in [0.15, 0.2) is 0 Å². The van der Waals surface area contributed by atoms with Crippen molar-refractivity contribution in [3.05, 3.63) is 0 Å². The third-order valence-electron chi connectivity index (χ3n) is 2.68. The molecule has 1 N–H and O–H groups in total. The Morgan fingerprint density at radius 3 is 2.69 bits per heavy atom. The topological polar surface area (TPSA) is 57.6 Å². The van der Waals surface area contributed by atoms with Gasteiger partial charge in [-0.15, -0.1) is 0 Å². The van der Waals surface area contributed by atoms with Crippen LogP contribution in [-0.2, 0) is 9.59 Å². The fraction of sp³-hybridized carbons (Fsp3) is 0.800. The molecule has 1 amide bonds. The van der Waals surface area contributed by atoms with Crippen molar-refractivity contribution in [1.82, 2.24) is 4.90 Å². The van der Waals surface area contributed by atoms with E-state index < -0.39 is 12.0 Å². The van der Waals surface area contributed by atoms with Crippen molar-refractivity contribution >= 4 is 36.3 Å². The van der Waals surface area contributed by atoms with Crippen LogP contribution in [0.1, 0.15) is 13.8 Å². The van der Waals surface area contributed by atoms with Gasteiger partial charge in [0.2, 0.25) is 5.91 Å². The molecule has 1 rings (SSSR count). The molecule has 1 heterocycles. The Hall–Kier alpha value is -0.360. The highest BCUT2D eigenvalue weighted by atomic mass is 32.2. The predicted octanol–water partition coefficient (Wildman–Crippen LogP) is 0.969. The SMILES string of the molecule is CC(CS)C(=O)N1C(C)CSCC1C(=O)O. The molecule has 6 heteroatoms. The lowest BCUT2D eigenvalue weighted by Crippen LogP contribution is -2.56. The summed E-state index contributed by atoms with van der Waals surface area (Å²) in [4.78, 5) is 24.7. The first kappa shape index (κ1) is 13.7. The second kappa shape index (κ2) is 5.82. The molecule has 0 saturated carbocycles. The predicted molar refractivity (Wildman–Crippen MR) is 68.1 cm³/mol. The van der Waals surface area contributed by atoms with Crippen molar-refractivity contribution in [1.29, 1.82) is 0 Å². The van der Waals surface area contributed by atoms with Crippen LogP contribution < -0.4 is 0 Å². The van der Waals surface area contributed by atoms with Gasteiger partial charge in [0, 0.05) is 29.2 Å². The van der Waals surface area contributed by atoms with E-state index in [0.29, 0.717) is 11.5 Å². The van der Waals surface area contributed by atoms with Gasteiger partial charge in [-0.25, -0.2) is 4.79 Å². The average Bonchev–Trinajstić information content (AvgIpc) is 2.26. The Morgan fingerprint density at radius 1 is 1.56 bits per heavy atom. The summed E-state index contributed by atoms with van der Waals surface area (Å²) in [5.41, 5.74) is 0. The minimum atomic E-state index is -0.918. The van der Waals surface area contributed by atoms with Crippen molar-refractivity contribution in [2.45, 2.75) is 25.9 Å². The van der Waals surface area contributed by atoms with Gasteiger partial charge in [-0.2, -0.15) is 24.4 Å². The van der Waals surface area contributed by atoms with E-state index in [1.165, 1.54) is 4.90 Å². The van der Waals surface area contributed by atoms with E-state index in [2.05, 4.69) is 12.6 Å². The van der Waals surface area contributed by atoms with E-state index in [1.54, 1.807) is 18.7 Å². The third-order valence-corrected chi connectivity index (χ3v) is 4.50. The first-order valence-electron chi connectivity index (χ1n) is 5.22. The molecule has 0 aromatic rings. The molecule has 0 bridgehead atoms. The van der Waals surface area contributed by atoms with Crippen LogP contribution in [0.2, 0.25) is 0 Å². The molecule has 0 aromatic heterocycles. The number of hydrogen-bond donors (Lipinski definition) is 2. The number of aliphatic carboxylic acids is 1. The number of rotatable bonds is 3. The number of amides is 1. The van der Waals surface area contributed by atoms with E-state index >= 15 is 0 Å². The molecule has 92 valence electrons. The molecule has 4 nitrogen and oxygen atoms in total. The number of thioether (sulfide) groups is 1. The van der Waals surface area contributed by atoms with Crippen LogP contribution in [0.3, 0.4) is 0 Å². The van der Waals surface area contributed by atoms with E-state index in [4.69, 9.17) is 5.11 Å². The number of carboxylic acid groups (broad SMARTS) is 1. The molecule has 1 aliphatic rings. The van der Waals surface area contributed by atoms with Crippen LogP contribution in [0.25, 0.3) is 0 Å². The number of carboxylic acids is 1. The van der Waals surface area contributed by atoms with Gasteiger partial charge < -0.3 is 10.0 Å². The van der Waals surface area contributed by atoms with Crippen LogP contribution in [-0.4, -0.2) is 51.2 Å². The molecular weight excluding hydrogens is 246 g/mol. The average molecular weight is 263 g/mol. The fourth-order valence-electron chi connectivity index (χ4n) is 1.71. The summed E-state index contributed by atoms with van der Waals surface area (Å²) < 4.78 is 0. The molecule has 0 aliphatic carbocycles. The molecule has 3 atom stereocenters. The lowest BCUT2D eigenvalue weighted by Gasteiger charge is -2.39. The van der Waals surface area contributed by atoms with Crippen molar-refractivity contribution in [2.75, 3.05) is 17.3 Å². The lowest BCUT2D eigenvalue weighted by atomic mass is 10.1. The van der Waals surface area contributed by atoms with Gasteiger partial charge in [-0.1, -0.05) is 6.92 Å². The molecule has 1 fully saturated rings. The van der Waals surface area contributed by atoms with Crippen LogP contribution >= 0.6 is 24.4 Å². The van der Waals surface area contributed by atoms with Gasteiger partial charge in [-0.05, 0) is 6.92 Å². The number of hydrogen-bond acceptors (Lipinski definition) is 4. The number of thiol groups is 1. The Morgan fingerprint density at radius 2 is 2.19 bits per heavy atom. The smallest absolute Gasteiger partial charge is 0.327 e. The van der Waals surface area contributed by atoms with Gasteiger partial charge in [0.25, 0.3) is 0 Å². The highest BCUT2D eigenvalue weighted by Crippen LogP contribution is 2.24. The second-order valence-corrected chi connectivity index (χ2v) is 5.51. The molecule has 1 aliphatic heterocycles. The van der Waals surface area contributed by atoms with E-state index in [0.717, 1.165) is 5.75 Å². The maximum Gasteiger partial charge on any atom is 0.327 e. The van der Waals surface area contributed by atoms with Gasteiger partial charge in [0.05, 0.1) is 0 Å². The first-order chi connectivity index (χ1) is 7.49. The fourth-order valence-corrected chi connectivity index (χ4v) is 3.03. The van der Waals surface area contributed by atoms with Crippen molar-refractivity contribution in [3.63, 3.8) is 0 Å². The molecule has 16 heavy (non-hydrogen) atoms. The van der Waals surface area contributed by atoms with Crippen LogP contribution in [0.5, 0.6) is 0 Å². The maximum atomic E-state index is 12.1. The summed E-state index contributed by atoms with van der Waals surface area (Å²) in [6.45, 7) is 3.67. The summed E-state index contributed by atoms with van der Waals surface area (Å²) >= 11 is 5.67. The van der Waals surface area contributed by atoms with Gasteiger partial charge in [0.15, 0.2) is 0 Å². The monoisotopic (exact) mass is 263 g/mol. The molecular formula is C10H17NO3S2. The second-order valence-electron chi connectivity index (χ2n) is 4.07. The molecule has 0 radical (unpaired) electrons. The van der Waals surface area contributed by atoms with E-state index in [1.807, 2.05) is 6.92 Å².